The molecule has 0 N–H and O–H groups in total. The molecule has 0 saturated carbocycles. The van der Waals surface area contributed by atoms with Crippen LogP contribution in [0.1, 0.15) is 35.7 Å². The van der Waals surface area contributed by atoms with Gasteiger partial charge in [0.25, 0.3) is 0 Å². The highest BCUT2D eigenvalue weighted by Crippen LogP contribution is 2.29. The molecule has 2 aliphatic heterocycles. The summed E-state index contributed by atoms with van der Waals surface area (Å²) in [5.74, 6) is 2.04. The third-order valence-electron chi connectivity index (χ3n) is 7.11. The van der Waals surface area contributed by atoms with Crippen molar-refractivity contribution in [2.24, 2.45) is 5.92 Å². The van der Waals surface area contributed by atoms with E-state index >= 15 is 0 Å². The van der Waals surface area contributed by atoms with Gasteiger partial charge in [-0.25, -0.2) is 9.97 Å². The highest BCUT2D eigenvalue weighted by atomic mass is 16.5. The number of carbonyl (C=O) groups is 1. The van der Waals surface area contributed by atoms with Gasteiger partial charge in [-0.05, 0) is 25.3 Å². The fraction of sp³-hybridized carbons (Fsp3) is 0.414. The molecule has 0 bridgehead atoms. The van der Waals surface area contributed by atoms with Gasteiger partial charge in [0.2, 0.25) is 5.91 Å². The van der Waals surface area contributed by atoms with E-state index in [1.807, 2.05) is 23.1 Å². The van der Waals surface area contributed by atoms with Gasteiger partial charge in [0.05, 0.1) is 12.5 Å². The summed E-state index contributed by atoms with van der Waals surface area (Å²) in [6.07, 6.45) is 2.48. The summed E-state index contributed by atoms with van der Waals surface area (Å²) in [7, 11) is 0. The fourth-order valence-corrected chi connectivity index (χ4v) is 5.00. The number of ether oxygens (including phenoxy) is 1. The van der Waals surface area contributed by atoms with Crippen molar-refractivity contribution < 1.29 is 9.53 Å². The number of benzene rings is 2. The first-order valence-corrected chi connectivity index (χ1v) is 12.7. The van der Waals surface area contributed by atoms with Crippen LogP contribution in [0.3, 0.4) is 0 Å². The van der Waals surface area contributed by atoms with E-state index in [4.69, 9.17) is 14.7 Å². The van der Waals surface area contributed by atoms with Gasteiger partial charge in [0, 0.05) is 56.0 Å². The molecule has 3 aromatic rings. The fourth-order valence-electron chi connectivity index (χ4n) is 5.00. The van der Waals surface area contributed by atoms with Gasteiger partial charge in [-0.1, -0.05) is 67.1 Å². The van der Waals surface area contributed by atoms with Crippen molar-refractivity contribution >= 4 is 11.7 Å². The Morgan fingerprint density at radius 3 is 2.40 bits per heavy atom. The second-order valence-electron chi connectivity index (χ2n) is 9.55. The molecule has 182 valence electrons. The van der Waals surface area contributed by atoms with Crippen LogP contribution in [0.25, 0.3) is 11.4 Å². The van der Waals surface area contributed by atoms with E-state index in [0.29, 0.717) is 26.3 Å². The topological polar surface area (TPSA) is 58.6 Å². The summed E-state index contributed by atoms with van der Waals surface area (Å²) < 4.78 is 5.45. The quantitative estimate of drug-likeness (QED) is 0.538. The van der Waals surface area contributed by atoms with Gasteiger partial charge in [-0.2, -0.15) is 0 Å². The van der Waals surface area contributed by atoms with Gasteiger partial charge in [0.1, 0.15) is 5.82 Å². The first kappa shape index (κ1) is 23.5. The Morgan fingerprint density at radius 1 is 1.00 bits per heavy atom. The van der Waals surface area contributed by atoms with E-state index in [1.54, 1.807) is 0 Å². The zero-order valence-electron chi connectivity index (χ0n) is 20.7. The summed E-state index contributed by atoms with van der Waals surface area (Å²) in [5, 5.41) is 0. The average Bonchev–Trinajstić information content (AvgIpc) is 3.45. The maximum absolute atomic E-state index is 12.9. The first-order chi connectivity index (χ1) is 17.1. The predicted octanol–water partition coefficient (Wildman–Crippen LogP) is 4.29. The van der Waals surface area contributed by atoms with Crippen molar-refractivity contribution in [3.8, 4) is 11.4 Å². The largest absolute Gasteiger partial charge is 0.381 e. The lowest BCUT2D eigenvalue weighted by Gasteiger charge is -2.37. The number of hydrogen-bond donors (Lipinski definition) is 0. The van der Waals surface area contributed by atoms with E-state index in [0.717, 1.165) is 55.3 Å². The third-order valence-corrected chi connectivity index (χ3v) is 7.11. The number of aromatic nitrogens is 2. The van der Waals surface area contributed by atoms with Crippen LogP contribution < -0.4 is 4.90 Å². The number of hydrogen-bond acceptors (Lipinski definition) is 5. The van der Waals surface area contributed by atoms with E-state index in [2.05, 4.69) is 55.1 Å². The van der Waals surface area contributed by atoms with Crippen molar-refractivity contribution in [1.29, 1.82) is 0 Å². The monoisotopic (exact) mass is 470 g/mol. The smallest absolute Gasteiger partial charge is 0.228 e. The summed E-state index contributed by atoms with van der Waals surface area (Å²) in [6, 6.07) is 18.9. The van der Waals surface area contributed by atoms with Crippen molar-refractivity contribution in [3.05, 3.63) is 77.0 Å². The van der Waals surface area contributed by atoms with Gasteiger partial charge in [0.15, 0.2) is 5.82 Å². The van der Waals surface area contributed by atoms with Gasteiger partial charge < -0.3 is 14.5 Å². The molecule has 1 aromatic heterocycles. The molecule has 1 amide bonds. The molecule has 0 radical (unpaired) electrons. The summed E-state index contributed by atoms with van der Waals surface area (Å²) in [5.41, 5.74) is 5.84. The molecular weight excluding hydrogens is 436 g/mol. The zero-order chi connectivity index (χ0) is 24.2. The Bertz CT molecular complexity index is 1150. The average molecular weight is 471 g/mol. The van der Waals surface area contributed by atoms with Crippen LogP contribution in [0.4, 0.5) is 5.82 Å². The molecule has 2 aromatic carbocycles. The Kier molecular flexibility index (Phi) is 7.09. The molecule has 6 heteroatoms. The molecule has 35 heavy (non-hydrogen) atoms. The van der Waals surface area contributed by atoms with Crippen LogP contribution in [-0.2, 0) is 22.4 Å². The van der Waals surface area contributed by atoms with Gasteiger partial charge in [-0.15, -0.1) is 0 Å². The normalized spacial score (nSPS) is 18.2. The number of piperazine rings is 1. The second-order valence-corrected chi connectivity index (χ2v) is 9.55. The molecule has 2 fully saturated rings. The lowest BCUT2D eigenvalue weighted by atomic mass is 10.0. The number of rotatable bonds is 6. The lowest BCUT2D eigenvalue weighted by molar-refractivity contribution is -0.135. The highest BCUT2D eigenvalue weighted by molar-refractivity contribution is 5.79. The van der Waals surface area contributed by atoms with Crippen molar-refractivity contribution in [3.63, 3.8) is 0 Å². The number of nitrogens with zero attached hydrogens (tertiary/aromatic N) is 4. The summed E-state index contributed by atoms with van der Waals surface area (Å²) >= 11 is 0. The van der Waals surface area contributed by atoms with E-state index < -0.39 is 0 Å². The van der Waals surface area contributed by atoms with Crippen LogP contribution in [0, 0.1) is 12.8 Å². The summed E-state index contributed by atoms with van der Waals surface area (Å²) in [6.45, 7) is 8.51. The van der Waals surface area contributed by atoms with Crippen molar-refractivity contribution in [1.82, 2.24) is 14.9 Å². The zero-order valence-corrected chi connectivity index (χ0v) is 20.7. The van der Waals surface area contributed by atoms with Crippen molar-refractivity contribution in [2.45, 2.75) is 33.1 Å². The van der Waals surface area contributed by atoms with Crippen LogP contribution in [0.15, 0.2) is 54.6 Å². The Balaban J connectivity index is 1.46. The second kappa shape index (κ2) is 10.6. The van der Waals surface area contributed by atoms with Crippen LogP contribution in [-0.4, -0.2) is 60.2 Å². The Morgan fingerprint density at radius 2 is 1.74 bits per heavy atom. The highest BCUT2D eigenvalue weighted by Gasteiger charge is 2.31. The SMILES string of the molecule is CCc1nc(-c2ccccc2)nc(N2CCN(C(=O)C3CCOC3)CC2)c1Cc1ccc(C)cc1. The van der Waals surface area contributed by atoms with Crippen LogP contribution >= 0.6 is 0 Å². The standard InChI is InChI=1S/C29H34N4O2/c1-3-26-25(19-22-11-9-21(2)10-12-22)28(31-27(30-26)23-7-5-4-6-8-23)32-14-16-33(17-15-32)29(34)24-13-18-35-20-24/h4-12,24H,3,13-20H2,1-2H3. The summed E-state index contributed by atoms with van der Waals surface area (Å²) in [4.78, 5) is 27.4. The number of anilines is 1. The molecule has 5 rings (SSSR count). The molecule has 1 unspecified atom stereocenters. The molecule has 0 spiro atoms. The molecule has 3 heterocycles. The Labute approximate surface area is 208 Å². The lowest BCUT2D eigenvalue weighted by Crippen LogP contribution is -2.51. The van der Waals surface area contributed by atoms with E-state index in [-0.39, 0.29) is 11.8 Å². The van der Waals surface area contributed by atoms with Crippen LogP contribution in [0.2, 0.25) is 0 Å². The van der Waals surface area contributed by atoms with E-state index in [9.17, 15) is 4.79 Å². The van der Waals surface area contributed by atoms with Gasteiger partial charge in [-0.3, -0.25) is 4.79 Å². The first-order valence-electron chi connectivity index (χ1n) is 12.7. The maximum Gasteiger partial charge on any atom is 0.228 e. The number of aryl methyl sites for hydroxylation is 2. The Hall–Kier alpha value is -3.25. The molecule has 0 aliphatic carbocycles. The third kappa shape index (κ3) is 5.22. The minimum atomic E-state index is 0.0223. The minimum absolute atomic E-state index is 0.0223. The van der Waals surface area contributed by atoms with Crippen LogP contribution in [0.5, 0.6) is 0 Å². The molecular formula is C29H34N4O2. The maximum atomic E-state index is 12.9. The molecule has 6 nitrogen and oxygen atoms in total. The molecule has 2 aliphatic rings. The van der Waals surface area contributed by atoms with E-state index in [1.165, 1.54) is 16.7 Å². The minimum Gasteiger partial charge on any atom is -0.381 e. The predicted molar refractivity (Wildman–Crippen MR) is 139 cm³/mol. The van der Waals surface area contributed by atoms with Gasteiger partial charge >= 0.3 is 0 Å². The molecule has 2 saturated heterocycles. The molecule has 1 atom stereocenters. The number of amides is 1. The number of carbonyl (C=O) groups excluding carboxylic acids is 1. The van der Waals surface area contributed by atoms with Crippen molar-refractivity contribution in [2.75, 3.05) is 44.3 Å².